The van der Waals surface area contributed by atoms with Crippen LogP contribution in [0.4, 0.5) is 0 Å². The molecule has 0 aliphatic rings. The summed E-state index contributed by atoms with van der Waals surface area (Å²) in [6.07, 6.45) is 90.1. The van der Waals surface area contributed by atoms with Crippen molar-refractivity contribution in [1.82, 2.24) is 0 Å². The Labute approximate surface area is 446 Å². The fraction of sp³-hybridized carbons (Fsp3) is 0.478. The summed E-state index contributed by atoms with van der Waals surface area (Å²) in [4.78, 5) is 38.1. The maximum Gasteiger partial charge on any atom is 0.306 e. The maximum absolute atomic E-state index is 12.8. The van der Waals surface area contributed by atoms with Gasteiger partial charge in [0.25, 0.3) is 0 Å². The van der Waals surface area contributed by atoms with E-state index in [9.17, 15) is 14.4 Å². The molecule has 6 heteroatoms. The van der Waals surface area contributed by atoms with E-state index in [1.807, 2.05) is 12.2 Å². The van der Waals surface area contributed by atoms with Crippen molar-refractivity contribution < 1.29 is 28.6 Å². The molecule has 0 rings (SSSR count). The summed E-state index contributed by atoms with van der Waals surface area (Å²) in [6, 6.07) is 0. The van der Waals surface area contributed by atoms with Crippen LogP contribution in [0.2, 0.25) is 0 Å². The van der Waals surface area contributed by atoms with Gasteiger partial charge in [0.15, 0.2) is 6.10 Å². The van der Waals surface area contributed by atoms with Gasteiger partial charge in [0, 0.05) is 19.3 Å². The highest BCUT2D eigenvalue weighted by atomic mass is 16.6. The monoisotopic (exact) mass is 999 g/mol. The van der Waals surface area contributed by atoms with E-state index >= 15 is 0 Å². The predicted molar refractivity (Wildman–Crippen MR) is 315 cm³/mol. The third kappa shape index (κ3) is 57.0. The molecule has 0 aromatic carbocycles. The minimum absolute atomic E-state index is 0.152. The number of esters is 3. The third-order valence-corrected chi connectivity index (χ3v) is 10.6. The first-order chi connectivity index (χ1) is 36.0. The number of ether oxygens (including phenoxy) is 3. The Balaban J connectivity index is 4.65. The average molecular weight is 1000 g/mol. The van der Waals surface area contributed by atoms with Crippen molar-refractivity contribution in [2.24, 2.45) is 0 Å². The number of unbranched alkanes of at least 4 members (excludes halogenated alkanes) is 4. The Morgan fingerprint density at radius 3 is 0.795 bits per heavy atom. The molecule has 6 nitrogen and oxygen atoms in total. The Kier molecular flexibility index (Phi) is 54.2. The molecule has 1 unspecified atom stereocenters. The van der Waals surface area contributed by atoms with E-state index in [1.165, 1.54) is 0 Å². The van der Waals surface area contributed by atoms with Gasteiger partial charge < -0.3 is 14.2 Å². The summed E-state index contributed by atoms with van der Waals surface area (Å²) >= 11 is 0. The van der Waals surface area contributed by atoms with Crippen LogP contribution >= 0.6 is 0 Å². The van der Waals surface area contributed by atoms with Crippen molar-refractivity contribution >= 4 is 17.9 Å². The predicted octanol–water partition coefficient (Wildman–Crippen LogP) is 19.1. The number of carbonyl (C=O) groups is 3. The molecule has 0 fully saturated rings. The number of hydrogen-bond donors (Lipinski definition) is 0. The van der Waals surface area contributed by atoms with Crippen molar-refractivity contribution in [3.05, 3.63) is 194 Å². The van der Waals surface area contributed by atoms with Gasteiger partial charge in [-0.05, 0) is 148 Å². The molecule has 0 N–H and O–H groups in total. The minimum atomic E-state index is -0.861. The normalized spacial score (nSPS) is 13.6. The fourth-order valence-corrected chi connectivity index (χ4v) is 6.52. The average Bonchev–Trinajstić information content (AvgIpc) is 3.39. The number of allylic oxidation sites excluding steroid dienone is 32. The van der Waals surface area contributed by atoms with E-state index in [1.54, 1.807) is 0 Å². The highest BCUT2D eigenvalue weighted by Crippen LogP contribution is 2.09. The molecule has 0 heterocycles. The van der Waals surface area contributed by atoms with E-state index in [0.29, 0.717) is 19.3 Å². The highest BCUT2D eigenvalue weighted by Gasteiger charge is 2.19. The number of rotatable bonds is 47. The van der Waals surface area contributed by atoms with Gasteiger partial charge in [0.1, 0.15) is 13.2 Å². The van der Waals surface area contributed by atoms with Crippen molar-refractivity contribution in [2.75, 3.05) is 13.2 Å². The second kappa shape index (κ2) is 58.8. The summed E-state index contributed by atoms with van der Waals surface area (Å²) < 4.78 is 16.7. The van der Waals surface area contributed by atoms with Gasteiger partial charge in [0.05, 0.1) is 0 Å². The van der Waals surface area contributed by atoms with Crippen molar-refractivity contribution in [2.45, 2.75) is 194 Å². The summed E-state index contributed by atoms with van der Waals surface area (Å²) in [7, 11) is 0. The van der Waals surface area contributed by atoms with Gasteiger partial charge in [-0.25, -0.2) is 0 Å². The van der Waals surface area contributed by atoms with Crippen LogP contribution in [0.3, 0.4) is 0 Å². The zero-order chi connectivity index (χ0) is 52.9. The molecule has 0 radical (unpaired) electrons. The molecule has 0 bridgehead atoms. The van der Waals surface area contributed by atoms with Crippen LogP contribution in [-0.2, 0) is 28.6 Å². The lowest BCUT2D eigenvalue weighted by molar-refractivity contribution is -0.166. The largest absolute Gasteiger partial charge is 0.462 e. The van der Waals surface area contributed by atoms with E-state index in [-0.39, 0.29) is 44.4 Å². The van der Waals surface area contributed by atoms with E-state index in [0.717, 1.165) is 128 Å². The van der Waals surface area contributed by atoms with Crippen molar-refractivity contribution in [1.29, 1.82) is 0 Å². The molecule has 0 saturated carbocycles. The molecule has 0 aromatic rings. The lowest BCUT2D eigenvalue weighted by atomic mass is 10.1. The summed E-state index contributed by atoms with van der Waals surface area (Å²) in [5, 5.41) is 0. The first kappa shape index (κ1) is 67.2. The highest BCUT2D eigenvalue weighted by molar-refractivity contribution is 5.71. The number of carbonyl (C=O) groups excluding carboxylic acids is 3. The fourth-order valence-electron chi connectivity index (χ4n) is 6.52. The van der Waals surface area contributed by atoms with E-state index in [2.05, 4.69) is 203 Å². The Bertz CT molecular complexity index is 1810. The van der Waals surface area contributed by atoms with Gasteiger partial charge in [0.2, 0.25) is 0 Å². The van der Waals surface area contributed by atoms with Gasteiger partial charge in [-0.2, -0.15) is 0 Å². The van der Waals surface area contributed by atoms with Crippen LogP contribution in [0.25, 0.3) is 0 Å². The van der Waals surface area contributed by atoms with E-state index in [4.69, 9.17) is 14.2 Å². The van der Waals surface area contributed by atoms with Crippen LogP contribution in [-0.4, -0.2) is 37.2 Å². The maximum atomic E-state index is 12.8. The zero-order valence-electron chi connectivity index (χ0n) is 45.8. The molecular weight excluding hydrogens is 901 g/mol. The standard InChI is InChI=1S/C67H98O6/c1-4-7-10-13-16-19-22-25-27-29-31-33-35-37-39-42-45-48-51-54-57-60-66(69)72-63-64(62-71-65(68)59-56-53-50-47-44-41-24-21-18-15-12-9-6-3)73-67(70)61-58-55-52-49-46-43-40-38-36-34-32-30-28-26-23-20-17-14-11-8-5-2/h7-12,16-21,25-28,31-34,37-41,44-46,48-50,53,64H,4-6,13-15,22-24,29-30,35-36,42-43,47,51-52,54-63H2,1-3H3/b10-7-,11-8-,12-9-,19-16-,20-17-,21-18-,27-25-,28-26-,33-31-,34-32-,39-37-,40-38-,44-41-,48-45-,49-46-,53-50-. The van der Waals surface area contributed by atoms with Crippen LogP contribution in [0.5, 0.6) is 0 Å². The smallest absolute Gasteiger partial charge is 0.306 e. The zero-order valence-corrected chi connectivity index (χ0v) is 45.8. The van der Waals surface area contributed by atoms with E-state index < -0.39 is 12.1 Å². The molecule has 0 saturated heterocycles. The van der Waals surface area contributed by atoms with Gasteiger partial charge in [-0.3, -0.25) is 14.4 Å². The first-order valence-corrected chi connectivity index (χ1v) is 27.9. The molecule has 1 atom stereocenters. The molecule has 0 aliphatic heterocycles. The second-order valence-corrected chi connectivity index (χ2v) is 17.3. The quantitative estimate of drug-likeness (QED) is 0.0262. The Morgan fingerprint density at radius 2 is 0.507 bits per heavy atom. The molecule has 0 aromatic heterocycles. The summed E-state index contributed by atoms with van der Waals surface area (Å²) in [5.74, 6) is -1.14. The molecule has 0 aliphatic carbocycles. The van der Waals surface area contributed by atoms with Gasteiger partial charge in [-0.1, -0.05) is 215 Å². The Morgan fingerprint density at radius 1 is 0.274 bits per heavy atom. The topological polar surface area (TPSA) is 78.9 Å². The number of hydrogen-bond acceptors (Lipinski definition) is 6. The second-order valence-electron chi connectivity index (χ2n) is 17.3. The Hall–Kier alpha value is -5.75. The SMILES string of the molecule is CC/C=C\C/C=C\C/C=C\C/C=C\C/C=C\C/C=C\CCCCC(=O)OCC(COC(=O)CC/C=C\C/C=C\C/C=C\C/C=C\CC)OC(=O)CCCC/C=C\C/C=C\C/C=C\C/C=C\C/C=C\C/C=C\CC. The summed E-state index contributed by atoms with van der Waals surface area (Å²) in [5.41, 5.74) is 0. The van der Waals surface area contributed by atoms with Gasteiger partial charge in [-0.15, -0.1) is 0 Å². The molecule has 0 amide bonds. The molecule has 0 spiro atoms. The minimum Gasteiger partial charge on any atom is -0.462 e. The lowest BCUT2D eigenvalue weighted by Crippen LogP contribution is -2.30. The van der Waals surface area contributed by atoms with Crippen LogP contribution in [0.15, 0.2) is 194 Å². The third-order valence-electron chi connectivity index (χ3n) is 10.6. The molecule has 402 valence electrons. The van der Waals surface area contributed by atoms with Crippen LogP contribution < -0.4 is 0 Å². The molecular formula is C67H98O6. The lowest BCUT2D eigenvalue weighted by Gasteiger charge is -2.18. The molecule has 73 heavy (non-hydrogen) atoms. The van der Waals surface area contributed by atoms with Crippen molar-refractivity contribution in [3.63, 3.8) is 0 Å². The van der Waals surface area contributed by atoms with Crippen molar-refractivity contribution in [3.8, 4) is 0 Å². The van der Waals surface area contributed by atoms with Gasteiger partial charge >= 0.3 is 17.9 Å². The van der Waals surface area contributed by atoms with Crippen LogP contribution in [0.1, 0.15) is 188 Å². The summed E-state index contributed by atoms with van der Waals surface area (Å²) in [6.45, 7) is 6.12. The van der Waals surface area contributed by atoms with Crippen LogP contribution in [0, 0.1) is 0 Å². The first-order valence-electron chi connectivity index (χ1n) is 27.9.